The minimum absolute atomic E-state index is 0.190. The van der Waals surface area contributed by atoms with Crippen LogP contribution < -0.4 is 0 Å². The number of Topliss-reactive ketones (excluding diaryl/α,β-unsaturated/α-hetero) is 1. The smallest absolute Gasteiger partial charge is 0.182 e. The van der Waals surface area contributed by atoms with E-state index < -0.39 is 5.41 Å². The predicted molar refractivity (Wildman–Crippen MR) is 83.5 cm³/mol. The third kappa shape index (κ3) is 1.49. The molecule has 0 bridgehead atoms. The highest BCUT2D eigenvalue weighted by atomic mass is 16.1. The second-order valence-electron chi connectivity index (χ2n) is 5.36. The number of carbonyl (C=O) groups excluding carboxylic acids is 1. The second kappa shape index (κ2) is 4.42. The molecule has 3 aromatic carbocycles. The molecule has 0 N–H and O–H groups in total. The maximum atomic E-state index is 13.0. The first-order valence-electron chi connectivity index (χ1n) is 7.10. The molecule has 1 nitrogen and oxygen atoms in total. The van der Waals surface area contributed by atoms with Gasteiger partial charge in [-0.2, -0.15) is 0 Å². The number of hydrogen-bond donors (Lipinski definition) is 0. The summed E-state index contributed by atoms with van der Waals surface area (Å²) in [6, 6.07) is 28.0. The average molecular weight is 270 g/mol. The summed E-state index contributed by atoms with van der Waals surface area (Å²) in [6.45, 7) is 0. The molecule has 1 aliphatic rings. The van der Waals surface area contributed by atoms with Gasteiger partial charge >= 0.3 is 0 Å². The summed E-state index contributed by atoms with van der Waals surface area (Å²) in [6.07, 6.45) is 0. The van der Waals surface area contributed by atoms with Crippen molar-refractivity contribution in [2.24, 2.45) is 0 Å². The molecule has 0 amide bonds. The SMILES string of the molecule is O=C1c2ccccc2C1(c1ccccc1)c1ccccc1. The van der Waals surface area contributed by atoms with Crippen LogP contribution in [0.5, 0.6) is 0 Å². The number of benzene rings is 3. The molecule has 1 heteroatoms. The van der Waals surface area contributed by atoms with E-state index in [0.29, 0.717) is 0 Å². The van der Waals surface area contributed by atoms with Gasteiger partial charge in [-0.25, -0.2) is 0 Å². The van der Waals surface area contributed by atoms with Crippen molar-refractivity contribution in [1.82, 2.24) is 0 Å². The van der Waals surface area contributed by atoms with Crippen molar-refractivity contribution in [3.05, 3.63) is 107 Å². The Balaban J connectivity index is 2.06. The molecular formula is C20H14O. The molecule has 3 aromatic rings. The molecule has 0 atom stereocenters. The lowest BCUT2D eigenvalue weighted by atomic mass is 9.56. The van der Waals surface area contributed by atoms with Crippen LogP contribution in [0.4, 0.5) is 0 Å². The lowest BCUT2D eigenvalue weighted by molar-refractivity contribution is 0.0897. The quantitative estimate of drug-likeness (QED) is 0.681. The molecule has 1 aliphatic carbocycles. The Kier molecular flexibility index (Phi) is 2.55. The van der Waals surface area contributed by atoms with Crippen molar-refractivity contribution in [3.8, 4) is 0 Å². The van der Waals surface area contributed by atoms with E-state index in [9.17, 15) is 4.79 Å². The van der Waals surface area contributed by atoms with E-state index >= 15 is 0 Å². The van der Waals surface area contributed by atoms with Crippen molar-refractivity contribution in [3.63, 3.8) is 0 Å². The van der Waals surface area contributed by atoms with Crippen molar-refractivity contribution in [2.45, 2.75) is 5.41 Å². The maximum Gasteiger partial charge on any atom is 0.182 e. The van der Waals surface area contributed by atoms with E-state index in [4.69, 9.17) is 0 Å². The van der Waals surface area contributed by atoms with E-state index in [2.05, 4.69) is 6.07 Å². The minimum Gasteiger partial charge on any atom is -0.292 e. The number of ketones is 1. The fourth-order valence-corrected chi connectivity index (χ4v) is 3.39. The normalized spacial score (nSPS) is 15.1. The summed E-state index contributed by atoms with van der Waals surface area (Å²) < 4.78 is 0. The van der Waals surface area contributed by atoms with Crippen LogP contribution in [0.25, 0.3) is 0 Å². The van der Waals surface area contributed by atoms with E-state index in [-0.39, 0.29) is 5.78 Å². The van der Waals surface area contributed by atoms with Crippen LogP contribution in [0, 0.1) is 0 Å². The monoisotopic (exact) mass is 270 g/mol. The van der Waals surface area contributed by atoms with Crippen molar-refractivity contribution in [1.29, 1.82) is 0 Å². The molecule has 0 fully saturated rings. The van der Waals surface area contributed by atoms with Gasteiger partial charge in [-0.3, -0.25) is 4.79 Å². The molecule has 0 spiro atoms. The topological polar surface area (TPSA) is 17.1 Å². The highest BCUT2D eigenvalue weighted by Gasteiger charge is 2.53. The highest BCUT2D eigenvalue weighted by Crippen LogP contribution is 2.50. The van der Waals surface area contributed by atoms with Gasteiger partial charge in [0.15, 0.2) is 5.78 Å². The van der Waals surface area contributed by atoms with Gasteiger partial charge in [-0.05, 0) is 16.7 Å². The Bertz CT molecular complexity index is 764. The molecule has 0 heterocycles. The third-order valence-electron chi connectivity index (χ3n) is 4.33. The Hall–Kier alpha value is -2.67. The highest BCUT2D eigenvalue weighted by molar-refractivity contribution is 6.18. The summed E-state index contributed by atoms with van der Waals surface area (Å²) in [5.41, 5.74) is 3.39. The largest absolute Gasteiger partial charge is 0.292 e. The lowest BCUT2D eigenvalue weighted by Gasteiger charge is -2.43. The van der Waals surface area contributed by atoms with E-state index in [1.54, 1.807) is 0 Å². The summed E-state index contributed by atoms with van der Waals surface area (Å²) in [4.78, 5) is 13.0. The molecular weight excluding hydrogens is 256 g/mol. The van der Waals surface area contributed by atoms with E-state index in [0.717, 1.165) is 22.3 Å². The lowest BCUT2D eigenvalue weighted by Crippen LogP contribution is -2.48. The van der Waals surface area contributed by atoms with Crippen LogP contribution in [0.2, 0.25) is 0 Å². The van der Waals surface area contributed by atoms with Crippen LogP contribution in [0.15, 0.2) is 84.9 Å². The van der Waals surface area contributed by atoms with Crippen molar-refractivity contribution >= 4 is 5.78 Å². The number of rotatable bonds is 2. The van der Waals surface area contributed by atoms with Crippen LogP contribution >= 0.6 is 0 Å². The summed E-state index contributed by atoms with van der Waals surface area (Å²) in [5, 5.41) is 0. The molecule has 0 aliphatic heterocycles. The Morgan fingerprint density at radius 2 is 1.05 bits per heavy atom. The zero-order valence-electron chi connectivity index (χ0n) is 11.5. The van der Waals surface area contributed by atoms with Crippen molar-refractivity contribution in [2.75, 3.05) is 0 Å². The van der Waals surface area contributed by atoms with E-state index in [1.807, 2.05) is 78.9 Å². The Labute approximate surface area is 123 Å². The molecule has 0 unspecified atom stereocenters. The maximum absolute atomic E-state index is 13.0. The first-order chi connectivity index (χ1) is 10.3. The fourth-order valence-electron chi connectivity index (χ4n) is 3.39. The molecule has 100 valence electrons. The average Bonchev–Trinajstić information content (AvgIpc) is 2.57. The van der Waals surface area contributed by atoms with Gasteiger partial charge in [0.1, 0.15) is 5.41 Å². The summed E-state index contributed by atoms with van der Waals surface area (Å²) in [7, 11) is 0. The second-order valence-corrected chi connectivity index (χ2v) is 5.36. The van der Waals surface area contributed by atoms with Gasteiger partial charge in [0.2, 0.25) is 0 Å². The van der Waals surface area contributed by atoms with Gasteiger partial charge in [0, 0.05) is 5.56 Å². The van der Waals surface area contributed by atoms with Crippen molar-refractivity contribution < 1.29 is 4.79 Å². The predicted octanol–water partition coefficient (Wildman–Crippen LogP) is 4.22. The molecule has 21 heavy (non-hydrogen) atoms. The molecule has 0 radical (unpaired) electrons. The third-order valence-corrected chi connectivity index (χ3v) is 4.33. The number of fused-ring (bicyclic) bond motifs is 1. The number of carbonyl (C=O) groups is 1. The van der Waals surface area contributed by atoms with Crippen LogP contribution in [-0.4, -0.2) is 5.78 Å². The van der Waals surface area contributed by atoms with Crippen LogP contribution in [-0.2, 0) is 5.41 Å². The summed E-state index contributed by atoms with van der Waals surface area (Å²) >= 11 is 0. The van der Waals surface area contributed by atoms with E-state index in [1.165, 1.54) is 0 Å². The van der Waals surface area contributed by atoms with Gasteiger partial charge in [-0.1, -0.05) is 84.9 Å². The zero-order valence-corrected chi connectivity index (χ0v) is 11.5. The standard InChI is InChI=1S/C20H14O/c21-19-17-13-7-8-14-18(17)20(19,15-9-3-1-4-10-15)16-11-5-2-6-12-16/h1-14H. The minimum atomic E-state index is -0.640. The fraction of sp³-hybridized carbons (Fsp3) is 0.0500. The van der Waals surface area contributed by atoms with Gasteiger partial charge < -0.3 is 0 Å². The first kappa shape index (κ1) is 12.1. The van der Waals surface area contributed by atoms with Crippen LogP contribution in [0.1, 0.15) is 27.0 Å². The van der Waals surface area contributed by atoms with Gasteiger partial charge in [0.05, 0.1) is 0 Å². The Morgan fingerprint density at radius 3 is 1.62 bits per heavy atom. The Morgan fingerprint density at radius 1 is 0.571 bits per heavy atom. The first-order valence-corrected chi connectivity index (χ1v) is 7.10. The molecule has 0 saturated heterocycles. The molecule has 4 rings (SSSR count). The van der Waals surface area contributed by atoms with Gasteiger partial charge in [-0.15, -0.1) is 0 Å². The molecule has 0 aromatic heterocycles. The van der Waals surface area contributed by atoms with Gasteiger partial charge in [0.25, 0.3) is 0 Å². The molecule has 0 saturated carbocycles. The zero-order chi connectivity index (χ0) is 14.3. The van der Waals surface area contributed by atoms with Crippen LogP contribution in [0.3, 0.4) is 0 Å². The number of hydrogen-bond acceptors (Lipinski definition) is 1. The summed E-state index contributed by atoms with van der Waals surface area (Å²) in [5.74, 6) is 0.190.